The van der Waals surface area contributed by atoms with Crippen molar-refractivity contribution in [3.05, 3.63) is 35.4 Å². The Morgan fingerprint density at radius 3 is 2.65 bits per heavy atom. The molecule has 0 aromatic heterocycles. The van der Waals surface area contributed by atoms with Crippen LogP contribution in [0.2, 0.25) is 0 Å². The number of nitrogens with two attached hydrogens (primary N) is 1. The first kappa shape index (κ1) is 14.4. The molecule has 9 heteroatoms. The maximum Gasteiger partial charge on any atom is 0.362 e. The van der Waals surface area contributed by atoms with Gasteiger partial charge in [0.2, 0.25) is 0 Å². The normalized spacial score (nSPS) is 18.6. The highest BCUT2D eigenvalue weighted by Crippen LogP contribution is 2.15. The lowest BCUT2D eigenvalue weighted by atomic mass is 10.1. The lowest BCUT2D eigenvalue weighted by Gasteiger charge is -2.35. The summed E-state index contributed by atoms with van der Waals surface area (Å²) in [4.78, 5) is 23.5. The van der Waals surface area contributed by atoms with Gasteiger partial charge in [-0.05, 0) is 11.6 Å². The monoisotopic (exact) mass is 299 g/mol. The van der Waals surface area contributed by atoms with E-state index in [4.69, 9.17) is 10.3 Å². The molecule has 0 radical (unpaired) electrons. The molecule has 2 amide bonds. The van der Waals surface area contributed by atoms with E-state index < -0.39 is 28.2 Å². The Bertz CT molecular complexity index is 658. The molecule has 1 saturated heterocycles. The van der Waals surface area contributed by atoms with Gasteiger partial charge in [0.05, 0.1) is 6.54 Å². The van der Waals surface area contributed by atoms with Crippen molar-refractivity contribution in [2.75, 3.05) is 6.54 Å². The Balaban J connectivity index is 2.06. The van der Waals surface area contributed by atoms with Crippen LogP contribution in [0.15, 0.2) is 24.3 Å². The van der Waals surface area contributed by atoms with Gasteiger partial charge < -0.3 is 11.1 Å². The van der Waals surface area contributed by atoms with Crippen molar-refractivity contribution in [2.24, 2.45) is 5.73 Å². The highest BCUT2D eigenvalue weighted by molar-refractivity contribution is 7.84. The molecule has 0 aliphatic carbocycles. The smallest absolute Gasteiger partial charge is 0.338 e. The van der Waals surface area contributed by atoms with Gasteiger partial charge in [-0.3, -0.25) is 14.1 Å². The van der Waals surface area contributed by atoms with Crippen LogP contribution >= 0.6 is 0 Å². The molecule has 8 nitrogen and oxygen atoms in total. The van der Waals surface area contributed by atoms with Gasteiger partial charge in [0.25, 0.3) is 11.8 Å². The molecule has 20 heavy (non-hydrogen) atoms. The van der Waals surface area contributed by atoms with Crippen molar-refractivity contribution in [3.8, 4) is 0 Å². The van der Waals surface area contributed by atoms with Gasteiger partial charge in [-0.25, -0.2) is 4.31 Å². The first-order valence-electron chi connectivity index (χ1n) is 5.72. The lowest BCUT2D eigenvalue weighted by Crippen LogP contribution is -2.65. The van der Waals surface area contributed by atoms with E-state index in [0.29, 0.717) is 11.1 Å². The summed E-state index contributed by atoms with van der Waals surface area (Å²) in [5.74, 6) is -1.38. The molecular weight excluding hydrogens is 286 g/mol. The van der Waals surface area contributed by atoms with Gasteiger partial charge in [-0.2, -0.15) is 8.42 Å². The molecule has 2 rings (SSSR count). The van der Waals surface area contributed by atoms with Crippen LogP contribution in [0.4, 0.5) is 0 Å². The summed E-state index contributed by atoms with van der Waals surface area (Å²) in [6, 6.07) is 5.66. The van der Waals surface area contributed by atoms with Crippen LogP contribution < -0.4 is 11.1 Å². The molecule has 1 aliphatic heterocycles. The molecule has 108 valence electrons. The SMILES string of the molecule is NCc1ccccc1C(=O)NC1CN(S(=O)(=O)O)C1=O. The minimum Gasteiger partial charge on any atom is -0.338 e. The fourth-order valence-electron chi connectivity index (χ4n) is 1.87. The van der Waals surface area contributed by atoms with E-state index in [-0.39, 0.29) is 17.4 Å². The van der Waals surface area contributed by atoms with Gasteiger partial charge in [0.1, 0.15) is 6.04 Å². The average Bonchev–Trinajstić information content (AvgIpc) is 2.40. The van der Waals surface area contributed by atoms with Crippen LogP contribution in [0, 0.1) is 0 Å². The molecule has 1 aromatic rings. The Hall–Kier alpha value is -1.97. The van der Waals surface area contributed by atoms with Crippen LogP contribution in [-0.2, 0) is 21.6 Å². The summed E-state index contributed by atoms with van der Waals surface area (Å²) in [5, 5.41) is 2.40. The van der Waals surface area contributed by atoms with Crippen molar-refractivity contribution in [3.63, 3.8) is 0 Å². The summed E-state index contributed by atoms with van der Waals surface area (Å²) >= 11 is 0. The minimum atomic E-state index is -4.55. The number of carbonyl (C=O) groups is 2. The summed E-state index contributed by atoms with van der Waals surface area (Å²) in [6.07, 6.45) is 0. The number of nitrogens with one attached hydrogen (secondary N) is 1. The number of amides is 2. The highest BCUT2D eigenvalue weighted by Gasteiger charge is 2.44. The van der Waals surface area contributed by atoms with Gasteiger partial charge >= 0.3 is 10.3 Å². The third kappa shape index (κ3) is 2.64. The first-order valence-corrected chi connectivity index (χ1v) is 7.12. The van der Waals surface area contributed by atoms with Crippen LogP contribution in [0.3, 0.4) is 0 Å². The highest BCUT2D eigenvalue weighted by atomic mass is 32.2. The lowest BCUT2D eigenvalue weighted by molar-refractivity contribution is -0.136. The fraction of sp³-hybridized carbons (Fsp3) is 0.273. The quantitative estimate of drug-likeness (QED) is 0.477. The molecule has 4 N–H and O–H groups in total. The molecular formula is C11H13N3O5S. The van der Waals surface area contributed by atoms with Crippen LogP contribution in [0.5, 0.6) is 0 Å². The molecule has 1 unspecified atom stereocenters. The van der Waals surface area contributed by atoms with Gasteiger partial charge in [-0.15, -0.1) is 0 Å². The Morgan fingerprint density at radius 1 is 1.45 bits per heavy atom. The molecule has 1 aromatic carbocycles. The van der Waals surface area contributed by atoms with E-state index in [1.807, 2.05) is 0 Å². The maximum absolute atomic E-state index is 12.0. The minimum absolute atomic E-state index is 0.166. The van der Waals surface area contributed by atoms with Gasteiger partial charge in [0, 0.05) is 12.1 Å². The van der Waals surface area contributed by atoms with Crippen molar-refractivity contribution in [2.45, 2.75) is 12.6 Å². The van der Waals surface area contributed by atoms with E-state index in [9.17, 15) is 18.0 Å². The van der Waals surface area contributed by atoms with Crippen LogP contribution in [-0.4, -0.2) is 41.7 Å². The third-order valence-electron chi connectivity index (χ3n) is 2.96. The molecule has 0 saturated carbocycles. The van der Waals surface area contributed by atoms with E-state index >= 15 is 0 Å². The van der Waals surface area contributed by atoms with Crippen molar-refractivity contribution in [1.82, 2.24) is 9.62 Å². The second-order valence-corrected chi connectivity index (χ2v) is 5.57. The standard InChI is InChI=1S/C11H13N3O5S/c12-5-7-3-1-2-4-8(7)10(15)13-9-6-14(11(9)16)20(17,18)19/h1-4,9H,5-6,12H2,(H,13,15)(H,17,18,19). The average molecular weight is 299 g/mol. The topological polar surface area (TPSA) is 130 Å². The zero-order valence-corrected chi connectivity index (χ0v) is 11.1. The van der Waals surface area contributed by atoms with Crippen LogP contribution in [0.1, 0.15) is 15.9 Å². The largest absolute Gasteiger partial charge is 0.362 e. The number of β-lactam (4-membered cyclic amide) rings is 1. The molecule has 0 spiro atoms. The molecule has 1 aliphatic rings. The van der Waals surface area contributed by atoms with Crippen LogP contribution in [0.25, 0.3) is 0 Å². The second kappa shape index (κ2) is 5.19. The first-order chi connectivity index (χ1) is 9.34. The number of carbonyl (C=O) groups excluding carboxylic acids is 2. The number of hydrogen-bond donors (Lipinski definition) is 3. The number of nitrogens with zero attached hydrogens (tertiary/aromatic N) is 1. The Labute approximate surface area is 115 Å². The molecule has 1 heterocycles. The number of hydrogen-bond acceptors (Lipinski definition) is 5. The zero-order chi connectivity index (χ0) is 14.9. The van der Waals surface area contributed by atoms with E-state index in [1.165, 1.54) is 0 Å². The Kier molecular flexibility index (Phi) is 3.75. The summed E-state index contributed by atoms with van der Waals surface area (Å²) in [7, 11) is -4.55. The zero-order valence-electron chi connectivity index (χ0n) is 10.3. The van der Waals surface area contributed by atoms with Gasteiger partial charge in [-0.1, -0.05) is 18.2 Å². The summed E-state index contributed by atoms with van der Waals surface area (Å²) in [5.41, 5.74) is 6.45. The number of rotatable bonds is 4. The summed E-state index contributed by atoms with van der Waals surface area (Å²) < 4.78 is 30.5. The van der Waals surface area contributed by atoms with E-state index in [1.54, 1.807) is 24.3 Å². The summed E-state index contributed by atoms with van der Waals surface area (Å²) in [6.45, 7) is -0.118. The van der Waals surface area contributed by atoms with Crippen molar-refractivity contribution in [1.29, 1.82) is 0 Å². The molecule has 1 atom stereocenters. The molecule has 1 fully saturated rings. The maximum atomic E-state index is 12.0. The third-order valence-corrected chi connectivity index (χ3v) is 3.84. The fourth-order valence-corrected chi connectivity index (χ4v) is 2.56. The van der Waals surface area contributed by atoms with E-state index in [2.05, 4.69) is 5.32 Å². The predicted octanol–water partition coefficient (Wildman–Crippen LogP) is -1.11. The van der Waals surface area contributed by atoms with Crippen molar-refractivity contribution >= 4 is 22.1 Å². The molecule has 0 bridgehead atoms. The second-order valence-electron chi connectivity index (χ2n) is 4.23. The van der Waals surface area contributed by atoms with Crippen molar-refractivity contribution < 1.29 is 22.6 Å². The Morgan fingerprint density at radius 2 is 2.10 bits per heavy atom. The van der Waals surface area contributed by atoms with E-state index in [0.717, 1.165) is 0 Å². The van der Waals surface area contributed by atoms with Gasteiger partial charge in [0.15, 0.2) is 0 Å². The predicted molar refractivity (Wildman–Crippen MR) is 68.8 cm³/mol. The number of benzene rings is 1.